The number of benzene rings is 1. The Morgan fingerprint density at radius 3 is 2.56 bits per heavy atom. The van der Waals surface area contributed by atoms with E-state index in [1.807, 2.05) is 16.9 Å². The largest absolute Gasteiger partial charge is 0.385 e. The van der Waals surface area contributed by atoms with E-state index in [1.54, 1.807) is 6.20 Å². The van der Waals surface area contributed by atoms with Gasteiger partial charge in [0, 0.05) is 24.6 Å². The molecular weight excluding hydrogens is 198 g/mol. The predicted molar refractivity (Wildman–Crippen MR) is 66.9 cm³/mol. The first-order chi connectivity index (χ1) is 7.75. The van der Waals surface area contributed by atoms with Crippen LogP contribution in [0.4, 0.5) is 5.69 Å². The van der Waals surface area contributed by atoms with Crippen LogP contribution in [0.3, 0.4) is 0 Å². The number of anilines is 1. The summed E-state index contributed by atoms with van der Waals surface area (Å²) in [5.74, 6) is 0.658. The summed E-state index contributed by atoms with van der Waals surface area (Å²) in [4.78, 5) is 0. The minimum absolute atomic E-state index is 0.658. The van der Waals surface area contributed by atoms with Gasteiger partial charge in [0.2, 0.25) is 0 Å². The standard InChI is InChI=1S/C13H17N3/c1-11(2)10-14-12-4-6-13(7-5-12)16-9-3-8-15-16/h3-9,11,14H,10H2,1-2H3. The second-order valence-electron chi connectivity index (χ2n) is 4.27. The normalized spacial score (nSPS) is 10.7. The van der Waals surface area contributed by atoms with E-state index in [1.165, 1.54) is 0 Å². The molecule has 0 amide bonds. The van der Waals surface area contributed by atoms with Gasteiger partial charge in [-0.25, -0.2) is 4.68 Å². The molecule has 0 unspecified atom stereocenters. The van der Waals surface area contributed by atoms with Gasteiger partial charge in [-0.1, -0.05) is 13.8 Å². The van der Waals surface area contributed by atoms with Crippen molar-refractivity contribution in [1.29, 1.82) is 0 Å². The van der Waals surface area contributed by atoms with Crippen LogP contribution >= 0.6 is 0 Å². The number of hydrogen-bond donors (Lipinski definition) is 1. The molecule has 1 N–H and O–H groups in total. The zero-order chi connectivity index (χ0) is 11.4. The van der Waals surface area contributed by atoms with E-state index in [2.05, 4.69) is 48.5 Å². The fourth-order valence-corrected chi connectivity index (χ4v) is 1.48. The van der Waals surface area contributed by atoms with Gasteiger partial charge in [0.15, 0.2) is 0 Å². The molecule has 1 aromatic carbocycles. The van der Waals surface area contributed by atoms with Crippen LogP contribution in [0.25, 0.3) is 5.69 Å². The Morgan fingerprint density at radius 2 is 2.00 bits per heavy atom. The first-order valence-electron chi connectivity index (χ1n) is 5.59. The molecular formula is C13H17N3. The predicted octanol–water partition coefficient (Wildman–Crippen LogP) is 2.94. The van der Waals surface area contributed by atoms with Crippen LogP contribution in [-0.4, -0.2) is 16.3 Å². The molecule has 0 aliphatic carbocycles. The Hall–Kier alpha value is -1.77. The molecule has 0 spiro atoms. The van der Waals surface area contributed by atoms with Crippen molar-refractivity contribution in [2.45, 2.75) is 13.8 Å². The smallest absolute Gasteiger partial charge is 0.0647 e. The van der Waals surface area contributed by atoms with Crippen molar-refractivity contribution >= 4 is 5.69 Å². The highest BCUT2D eigenvalue weighted by Gasteiger charge is 1.97. The van der Waals surface area contributed by atoms with Crippen molar-refractivity contribution < 1.29 is 0 Å². The molecule has 0 aliphatic rings. The SMILES string of the molecule is CC(C)CNc1ccc(-n2cccn2)cc1. The maximum atomic E-state index is 4.19. The maximum absolute atomic E-state index is 4.19. The van der Waals surface area contributed by atoms with Crippen LogP contribution in [0, 0.1) is 5.92 Å². The summed E-state index contributed by atoms with van der Waals surface area (Å²) in [6.45, 7) is 5.40. The Balaban J connectivity index is 2.05. The van der Waals surface area contributed by atoms with Crippen LogP contribution < -0.4 is 5.32 Å². The summed E-state index contributed by atoms with van der Waals surface area (Å²) >= 11 is 0. The summed E-state index contributed by atoms with van der Waals surface area (Å²) < 4.78 is 1.85. The number of hydrogen-bond acceptors (Lipinski definition) is 2. The molecule has 0 atom stereocenters. The minimum atomic E-state index is 0.658. The van der Waals surface area contributed by atoms with Crippen molar-refractivity contribution in [2.75, 3.05) is 11.9 Å². The average molecular weight is 215 g/mol. The van der Waals surface area contributed by atoms with E-state index in [4.69, 9.17) is 0 Å². The Bertz CT molecular complexity index is 415. The maximum Gasteiger partial charge on any atom is 0.0647 e. The lowest BCUT2D eigenvalue weighted by Crippen LogP contribution is -2.07. The molecule has 3 nitrogen and oxygen atoms in total. The molecule has 16 heavy (non-hydrogen) atoms. The monoisotopic (exact) mass is 215 g/mol. The molecule has 2 aromatic rings. The lowest BCUT2D eigenvalue weighted by atomic mass is 10.2. The van der Waals surface area contributed by atoms with Crippen molar-refractivity contribution in [3.8, 4) is 5.69 Å². The highest BCUT2D eigenvalue weighted by molar-refractivity contribution is 5.48. The fourth-order valence-electron chi connectivity index (χ4n) is 1.48. The lowest BCUT2D eigenvalue weighted by molar-refractivity contribution is 0.689. The van der Waals surface area contributed by atoms with Gasteiger partial charge in [0.1, 0.15) is 0 Å². The number of aromatic nitrogens is 2. The van der Waals surface area contributed by atoms with Gasteiger partial charge in [-0.15, -0.1) is 0 Å². The number of rotatable bonds is 4. The molecule has 0 aliphatic heterocycles. The van der Waals surface area contributed by atoms with E-state index in [0.29, 0.717) is 5.92 Å². The molecule has 0 saturated carbocycles. The van der Waals surface area contributed by atoms with Gasteiger partial charge in [0.25, 0.3) is 0 Å². The molecule has 0 radical (unpaired) electrons. The zero-order valence-corrected chi connectivity index (χ0v) is 9.72. The van der Waals surface area contributed by atoms with Crippen LogP contribution in [0.1, 0.15) is 13.8 Å². The van der Waals surface area contributed by atoms with E-state index in [-0.39, 0.29) is 0 Å². The second kappa shape index (κ2) is 4.84. The van der Waals surface area contributed by atoms with Gasteiger partial charge in [-0.05, 0) is 36.2 Å². The molecule has 0 bridgehead atoms. The summed E-state index contributed by atoms with van der Waals surface area (Å²) in [6, 6.07) is 10.2. The molecule has 0 fully saturated rings. The zero-order valence-electron chi connectivity index (χ0n) is 9.72. The summed E-state index contributed by atoms with van der Waals surface area (Å²) in [6.07, 6.45) is 3.72. The molecule has 1 heterocycles. The molecule has 1 aromatic heterocycles. The third kappa shape index (κ3) is 2.63. The van der Waals surface area contributed by atoms with E-state index in [0.717, 1.165) is 17.9 Å². The van der Waals surface area contributed by atoms with E-state index in [9.17, 15) is 0 Å². The molecule has 3 heteroatoms. The summed E-state index contributed by atoms with van der Waals surface area (Å²) in [5.41, 5.74) is 2.24. The molecule has 0 saturated heterocycles. The summed E-state index contributed by atoms with van der Waals surface area (Å²) in [5, 5.41) is 7.57. The Kier molecular flexibility index (Phi) is 3.25. The fraction of sp³-hybridized carbons (Fsp3) is 0.308. The van der Waals surface area contributed by atoms with Gasteiger partial charge < -0.3 is 5.32 Å². The third-order valence-electron chi connectivity index (χ3n) is 2.35. The van der Waals surface area contributed by atoms with Crippen LogP contribution in [0.15, 0.2) is 42.7 Å². The lowest BCUT2D eigenvalue weighted by Gasteiger charge is -2.09. The van der Waals surface area contributed by atoms with Gasteiger partial charge in [-0.3, -0.25) is 0 Å². The van der Waals surface area contributed by atoms with Crippen LogP contribution in [0.2, 0.25) is 0 Å². The second-order valence-corrected chi connectivity index (χ2v) is 4.27. The first-order valence-corrected chi connectivity index (χ1v) is 5.59. The first kappa shape index (κ1) is 10.7. The van der Waals surface area contributed by atoms with Crippen molar-refractivity contribution in [1.82, 2.24) is 9.78 Å². The van der Waals surface area contributed by atoms with E-state index < -0.39 is 0 Å². The topological polar surface area (TPSA) is 29.9 Å². The Labute approximate surface area is 96.1 Å². The third-order valence-corrected chi connectivity index (χ3v) is 2.35. The van der Waals surface area contributed by atoms with Gasteiger partial charge in [0.05, 0.1) is 5.69 Å². The van der Waals surface area contributed by atoms with Crippen molar-refractivity contribution in [3.63, 3.8) is 0 Å². The van der Waals surface area contributed by atoms with E-state index >= 15 is 0 Å². The Morgan fingerprint density at radius 1 is 1.25 bits per heavy atom. The number of nitrogens with one attached hydrogen (secondary N) is 1. The highest BCUT2D eigenvalue weighted by atomic mass is 15.3. The highest BCUT2D eigenvalue weighted by Crippen LogP contribution is 2.12. The van der Waals surface area contributed by atoms with Crippen LogP contribution in [-0.2, 0) is 0 Å². The van der Waals surface area contributed by atoms with Gasteiger partial charge >= 0.3 is 0 Å². The van der Waals surface area contributed by atoms with Crippen molar-refractivity contribution in [3.05, 3.63) is 42.7 Å². The minimum Gasteiger partial charge on any atom is -0.385 e. The molecule has 84 valence electrons. The van der Waals surface area contributed by atoms with Crippen LogP contribution in [0.5, 0.6) is 0 Å². The quantitative estimate of drug-likeness (QED) is 0.849. The van der Waals surface area contributed by atoms with Crippen molar-refractivity contribution in [2.24, 2.45) is 5.92 Å². The van der Waals surface area contributed by atoms with Gasteiger partial charge in [-0.2, -0.15) is 5.10 Å². The summed E-state index contributed by atoms with van der Waals surface area (Å²) in [7, 11) is 0. The molecule has 2 rings (SSSR count). The average Bonchev–Trinajstić information content (AvgIpc) is 2.80. The number of nitrogens with zero attached hydrogens (tertiary/aromatic N) is 2.